The lowest BCUT2D eigenvalue weighted by Crippen LogP contribution is -2.41. The van der Waals surface area contributed by atoms with E-state index < -0.39 is 11.8 Å². The van der Waals surface area contributed by atoms with E-state index in [2.05, 4.69) is 10.9 Å². The molecule has 24 heavy (non-hydrogen) atoms. The maximum absolute atomic E-state index is 12.2. The monoisotopic (exact) mass is 348 g/mol. The maximum Gasteiger partial charge on any atom is 0.269 e. The van der Waals surface area contributed by atoms with Crippen molar-refractivity contribution in [2.24, 2.45) is 0 Å². The van der Waals surface area contributed by atoms with Gasteiger partial charge in [-0.3, -0.25) is 20.4 Å². The normalized spacial score (nSPS) is 9.96. The van der Waals surface area contributed by atoms with Crippen molar-refractivity contribution in [3.63, 3.8) is 0 Å². The van der Waals surface area contributed by atoms with Gasteiger partial charge in [0.25, 0.3) is 11.8 Å². The van der Waals surface area contributed by atoms with Crippen LogP contribution < -0.4 is 20.3 Å². The zero-order valence-corrected chi connectivity index (χ0v) is 14.0. The molecular formula is C17H17ClN2O4. The molecule has 0 aliphatic rings. The maximum atomic E-state index is 12.2. The van der Waals surface area contributed by atoms with Crippen molar-refractivity contribution in [2.45, 2.75) is 6.92 Å². The summed E-state index contributed by atoms with van der Waals surface area (Å²) in [7, 11) is 1.45. The molecule has 2 N–H and O–H groups in total. The van der Waals surface area contributed by atoms with Gasteiger partial charge in [-0.2, -0.15) is 0 Å². The van der Waals surface area contributed by atoms with Crippen LogP contribution in [0, 0.1) is 0 Å². The first-order valence-electron chi connectivity index (χ1n) is 7.22. The van der Waals surface area contributed by atoms with Crippen LogP contribution in [0.2, 0.25) is 5.02 Å². The molecule has 0 aliphatic heterocycles. The minimum absolute atomic E-state index is 0.230. The van der Waals surface area contributed by atoms with Crippen LogP contribution in [0.5, 0.6) is 11.5 Å². The zero-order valence-electron chi connectivity index (χ0n) is 13.3. The summed E-state index contributed by atoms with van der Waals surface area (Å²) in [6.07, 6.45) is 0. The molecule has 0 heterocycles. The van der Waals surface area contributed by atoms with Crippen LogP contribution in [0.15, 0.2) is 42.5 Å². The first-order chi connectivity index (χ1) is 11.6. The molecule has 2 aromatic carbocycles. The van der Waals surface area contributed by atoms with Gasteiger partial charge in [-0.05, 0) is 31.2 Å². The smallest absolute Gasteiger partial charge is 0.269 e. The second-order valence-corrected chi connectivity index (χ2v) is 5.10. The lowest BCUT2D eigenvalue weighted by atomic mass is 10.2. The van der Waals surface area contributed by atoms with E-state index in [9.17, 15) is 9.59 Å². The Morgan fingerprint density at radius 2 is 1.67 bits per heavy atom. The zero-order chi connectivity index (χ0) is 17.5. The summed E-state index contributed by atoms with van der Waals surface area (Å²) in [5.74, 6) is -0.245. The third-order valence-electron chi connectivity index (χ3n) is 3.11. The van der Waals surface area contributed by atoms with Crippen molar-refractivity contribution in [3.05, 3.63) is 58.6 Å². The number of amides is 2. The van der Waals surface area contributed by atoms with Crippen LogP contribution in [-0.4, -0.2) is 25.5 Å². The molecule has 0 atom stereocenters. The van der Waals surface area contributed by atoms with Crippen LogP contribution in [0.25, 0.3) is 0 Å². The predicted molar refractivity (Wildman–Crippen MR) is 90.5 cm³/mol. The molecule has 0 saturated heterocycles. The molecule has 2 aromatic rings. The van der Waals surface area contributed by atoms with Crippen molar-refractivity contribution >= 4 is 23.4 Å². The molecule has 0 aromatic heterocycles. The average molecular weight is 349 g/mol. The van der Waals surface area contributed by atoms with Crippen LogP contribution in [0.1, 0.15) is 27.6 Å². The second kappa shape index (κ2) is 8.21. The third-order valence-corrected chi connectivity index (χ3v) is 3.39. The van der Waals surface area contributed by atoms with Gasteiger partial charge in [0.2, 0.25) is 0 Å². The SMILES string of the molecule is CCOc1c(Cl)cc(C(=O)NNC(=O)c2ccccc2)cc1OC. The molecule has 2 rings (SSSR count). The van der Waals surface area contributed by atoms with E-state index in [4.69, 9.17) is 21.1 Å². The summed E-state index contributed by atoms with van der Waals surface area (Å²) in [4.78, 5) is 24.1. The summed E-state index contributed by atoms with van der Waals surface area (Å²) in [5.41, 5.74) is 5.33. The van der Waals surface area contributed by atoms with Gasteiger partial charge < -0.3 is 9.47 Å². The molecule has 0 fully saturated rings. The first-order valence-corrected chi connectivity index (χ1v) is 7.60. The number of halogens is 1. The lowest BCUT2D eigenvalue weighted by Gasteiger charge is -2.13. The van der Waals surface area contributed by atoms with Gasteiger partial charge in [0.1, 0.15) is 0 Å². The van der Waals surface area contributed by atoms with E-state index in [1.165, 1.54) is 19.2 Å². The predicted octanol–water partition coefficient (Wildman–Crippen LogP) is 2.82. The summed E-state index contributed by atoms with van der Waals surface area (Å²) < 4.78 is 10.6. The number of hydrazine groups is 1. The van der Waals surface area contributed by atoms with Crippen LogP contribution in [-0.2, 0) is 0 Å². The van der Waals surface area contributed by atoms with Gasteiger partial charge in [0.05, 0.1) is 18.7 Å². The number of hydrogen-bond donors (Lipinski definition) is 2. The molecule has 0 unspecified atom stereocenters. The summed E-state index contributed by atoms with van der Waals surface area (Å²) in [6, 6.07) is 11.5. The fraction of sp³-hybridized carbons (Fsp3) is 0.176. The minimum Gasteiger partial charge on any atom is -0.493 e. The van der Waals surface area contributed by atoms with Crippen molar-refractivity contribution in [1.82, 2.24) is 10.9 Å². The van der Waals surface area contributed by atoms with E-state index in [-0.39, 0.29) is 10.6 Å². The third kappa shape index (κ3) is 4.17. The molecule has 7 heteroatoms. The van der Waals surface area contributed by atoms with Gasteiger partial charge in [-0.25, -0.2) is 0 Å². The largest absolute Gasteiger partial charge is 0.493 e. The highest BCUT2D eigenvalue weighted by Crippen LogP contribution is 2.36. The molecule has 126 valence electrons. The summed E-state index contributed by atoms with van der Waals surface area (Å²) >= 11 is 6.12. The molecule has 6 nitrogen and oxygen atoms in total. The molecule has 0 saturated carbocycles. The molecule has 2 amide bonds. The number of carbonyl (C=O) groups excluding carboxylic acids is 2. The Kier molecular flexibility index (Phi) is 6.03. The van der Waals surface area contributed by atoms with Gasteiger partial charge in [0, 0.05) is 11.1 Å². The molecule has 0 aliphatic carbocycles. The average Bonchev–Trinajstić information content (AvgIpc) is 2.61. The Morgan fingerprint density at radius 1 is 1.04 bits per heavy atom. The highest BCUT2D eigenvalue weighted by Gasteiger charge is 2.16. The fourth-order valence-corrected chi connectivity index (χ4v) is 2.25. The Balaban J connectivity index is 2.10. The van der Waals surface area contributed by atoms with Crippen molar-refractivity contribution in [2.75, 3.05) is 13.7 Å². The molecule has 0 radical (unpaired) electrons. The van der Waals surface area contributed by atoms with Gasteiger partial charge in [0.15, 0.2) is 11.5 Å². The number of rotatable bonds is 5. The van der Waals surface area contributed by atoms with E-state index in [0.29, 0.717) is 23.7 Å². The topological polar surface area (TPSA) is 76.7 Å². The van der Waals surface area contributed by atoms with Crippen LogP contribution in [0.3, 0.4) is 0 Å². The highest BCUT2D eigenvalue weighted by molar-refractivity contribution is 6.32. The first kappa shape index (κ1) is 17.6. The number of hydrogen-bond acceptors (Lipinski definition) is 4. The molecular weight excluding hydrogens is 332 g/mol. The number of benzene rings is 2. The summed E-state index contributed by atoms with van der Waals surface area (Å²) in [5, 5.41) is 0.246. The summed E-state index contributed by atoms with van der Waals surface area (Å²) in [6.45, 7) is 2.23. The van der Waals surface area contributed by atoms with Crippen molar-refractivity contribution in [3.8, 4) is 11.5 Å². The number of ether oxygens (including phenoxy) is 2. The highest BCUT2D eigenvalue weighted by atomic mass is 35.5. The van der Waals surface area contributed by atoms with Gasteiger partial charge in [-0.15, -0.1) is 0 Å². The quantitative estimate of drug-likeness (QED) is 0.815. The lowest BCUT2D eigenvalue weighted by molar-refractivity contribution is 0.0846. The molecule has 0 spiro atoms. The van der Waals surface area contributed by atoms with E-state index in [1.54, 1.807) is 30.3 Å². The molecule has 0 bridgehead atoms. The fourth-order valence-electron chi connectivity index (χ4n) is 1.98. The Labute approximate surface area is 144 Å². The number of nitrogens with one attached hydrogen (secondary N) is 2. The van der Waals surface area contributed by atoms with Crippen LogP contribution >= 0.6 is 11.6 Å². The minimum atomic E-state index is -0.525. The van der Waals surface area contributed by atoms with Crippen LogP contribution in [0.4, 0.5) is 0 Å². The van der Waals surface area contributed by atoms with E-state index in [1.807, 2.05) is 6.92 Å². The van der Waals surface area contributed by atoms with Gasteiger partial charge >= 0.3 is 0 Å². The van der Waals surface area contributed by atoms with Gasteiger partial charge in [-0.1, -0.05) is 29.8 Å². The van der Waals surface area contributed by atoms with E-state index in [0.717, 1.165) is 0 Å². The van der Waals surface area contributed by atoms with E-state index >= 15 is 0 Å². The Hall–Kier alpha value is -2.73. The van der Waals surface area contributed by atoms with Crippen molar-refractivity contribution < 1.29 is 19.1 Å². The number of methoxy groups -OCH3 is 1. The Bertz CT molecular complexity index is 735. The van der Waals surface area contributed by atoms with Crippen molar-refractivity contribution in [1.29, 1.82) is 0 Å². The Morgan fingerprint density at radius 3 is 2.25 bits per heavy atom. The number of carbonyl (C=O) groups is 2. The second-order valence-electron chi connectivity index (χ2n) is 4.70. The standard InChI is InChI=1S/C17H17ClN2O4/c1-3-24-15-13(18)9-12(10-14(15)23-2)17(22)20-19-16(21)11-7-5-4-6-8-11/h4-10H,3H2,1-2H3,(H,19,21)(H,20,22).